The van der Waals surface area contributed by atoms with E-state index < -0.39 is 12.0 Å². The Bertz CT molecular complexity index is 896. The van der Waals surface area contributed by atoms with Crippen molar-refractivity contribution in [2.75, 3.05) is 26.9 Å². The van der Waals surface area contributed by atoms with Crippen LogP contribution >= 0.6 is 0 Å². The van der Waals surface area contributed by atoms with E-state index in [2.05, 4.69) is 34.3 Å². The number of benzene rings is 2. The molecule has 7 nitrogen and oxygen atoms in total. The monoisotopic (exact) mass is 425 g/mol. The van der Waals surface area contributed by atoms with E-state index in [4.69, 9.17) is 9.47 Å². The third-order valence-corrected chi connectivity index (χ3v) is 5.19. The minimum absolute atomic E-state index is 0.0169. The van der Waals surface area contributed by atoms with Gasteiger partial charge in [-0.05, 0) is 28.7 Å². The molecule has 0 saturated heterocycles. The van der Waals surface area contributed by atoms with Crippen LogP contribution in [0.4, 0.5) is 0 Å². The Morgan fingerprint density at radius 1 is 1.00 bits per heavy atom. The smallest absolute Gasteiger partial charge is 0.330 e. The molecule has 1 aliphatic rings. The molecule has 0 radical (unpaired) electrons. The first-order valence-corrected chi connectivity index (χ1v) is 10.3. The number of methoxy groups -OCH3 is 1. The zero-order valence-corrected chi connectivity index (χ0v) is 17.8. The van der Waals surface area contributed by atoms with Crippen LogP contribution in [0.3, 0.4) is 0 Å². The summed E-state index contributed by atoms with van der Waals surface area (Å²) in [6, 6.07) is 15.5. The second-order valence-corrected chi connectivity index (χ2v) is 7.36. The van der Waals surface area contributed by atoms with Crippen molar-refractivity contribution in [3.05, 3.63) is 59.7 Å². The van der Waals surface area contributed by atoms with Crippen LogP contribution in [0.2, 0.25) is 0 Å². The Balaban J connectivity index is 1.43. The zero-order valence-electron chi connectivity index (χ0n) is 17.8. The molecule has 0 aliphatic heterocycles. The Kier molecular flexibility index (Phi) is 7.78. The summed E-state index contributed by atoms with van der Waals surface area (Å²) in [5, 5.41) is 2.47. The molecule has 0 bridgehead atoms. The molecule has 0 saturated carbocycles. The summed E-state index contributed by atoms with van der Waals surface area (Å²) < 4.78 is 15.6. The van der Waals surface area contributed by atoms with E-state index in [0.29, 0.717) is 13.0 Å². The normalized spacial score (nSPS) is 13.1. The first kappa shape index (κ1) is 22.5. The lowest BCUT2D eigenvalue weighted by atomic mass is 9.98. The van der Waals surface area contributed by atoms with E-state index in [1.54, 1.807) is 0 Å². The number of rotatable bonds is 10. The van der Waals surface area contributed by atoms with Crippen molar-refractivity contribution in [3.8, 4) is 11.1 Å². The van der Waals surface area contributed by atoms with Crippen molar-refractivity contribution in [2.45, 2.75) is 31.7 Å². The van der Waals surface area contributed by atoms with Gasteiger partial charge >= 0.3 is 11.9 Å². The second-order valence-electron chi connectivity index (χ2n) is 7.36. The topological polar surface area (TPSA) is 90.9 Å². The molecule has 0 unspecified atom stereocenters. The molecular weight excluding hydrogens is 398 g/mol. The van der Waals surface area contributed by atoms with E-state index in [1.165, 1.54) is 36.3 Å². The van der Waals surface area contributed by atoms with E-state index in [0.717, 1.165) is 0 Å². The molecular formula is C24H27NO6. The van der Waals surface area contributed by atoms with Crippen molar-refractivity contribution in [1.29, 1.82) is 0 Å². The Hall–Kier alpha value is -3.19. The second kappa shape index (κ2) is 10.7. The van der Waals surface area contributed by atoms with Gasteiger partial charge in [-0.2, -0.15) is 0 Å². The maximum absolute atomic E-state index is 12.2. The van der Waals surface area contributed by atoms with Crippen molar-refractivity contribution in [3.63, 3.8) is 0 Å². The number of carbonyl (C=O) groups excluding carboxylic acids is 3. The minimum atomic E-state index is -0.864. The van der Waals surface area contributed by atoms with Gasteiger partial charge in [0.05, 0.1) is 13.7 Å². The van der Waals surface area contributed by atoms with Gasteiger partial charge in [-0.15, -0.1) is 0 Å². The lowest BCUT2D eigenvalue weighted by Gasteiger charge is -2.16. The van der Waals surface area contributed by atoms with Gasteiger partial charge < -0.3 is 19.5 Å². The molecule has 0 spiro atoms. The van der Waals surface area contributed by atoms with Crippen molar-refractivity contribution < 1.29 is 28.6 Å². The molecule has 31 heavy (non-hydrogen) atoms. The number of nitrogens with one attached hydrogen (secondary N) is 1. The molecule has 0 fully saturated rings. The van der Waals surface area contributed by atoms with Gasteiger partial charge in [-0.25, -0.2) is 4.79 Å². The maximum atomic E-state index is 12.2. The highest BCUT2D eigenvalue weighted by Crippen LogP contribution is 2.44. The van der Waals surface area contributed by atoms with Gasteiger partial charge in [-0.1, -0.05) is 48.5 Å². The molecule has 0 heterocycles. The molecule has 1 atom stereocenters. The average Bonchev–Trinajstić information content (AvgIpc) is 3.09. The van der Waals surface area contributed by atoms with Crippen LogP contribution in [0, 0.1) is 0 Å². The summed E-state index contributed by atoms with van der Waals surface area (Å²) in [5.41, 5.74) is 4.72. The Labute approximate surface area is 181 Å². The molecule has 2 aromatic carbocycles. The van der Waals surface area contributed by atoms with Crippen LogP contribution < -0.4 is 5.32 Å². The largest absolute Gasteiger partial charge is 0.467 e. The summed E-state index contributed by atoms with van der Waals surface area (Å²) in [7, 11) is 1.24. The van der Waals surface area contributed by atoms with Gasteiger partial charge in [0.15, 0.2) is 6.04 Å². The SMILES string of the molecule is COC(=O)[C@H](COCCCC(=O)OCC1c2ccccc2-c2ccccc21)NC(C)=O. The zero-order chi connectivity index (χ0) is 22.2. The third-order valence-electron chi connectivity index (χ3n) is 5.19. The number of amides is 1. The maximum Gasteiger partial charge on any atom is 0.330 e. The van der Waals surface area contributed by atoms with Crippen LogP contribution in [-0.4, -0.2) is 50.8 Å². The standard InChI is InChI=1S/C24H27NO6/c1-16(26)25-22(24(28)29-2)15-30-13-7-12-23(27)31-14-21-19-10-5-3-8-17(19)18-9-4-6-11-20(18)21/h3-6,8-11,21-22H,7,12-15H2,1-2H3,(H,25,26)/t22-/m0/s1. The van der Waals surface area contributed by atoms with Crippen LogP contribution in [0.1, 0.15) is 36.8 Å². The summed E-state index contributed by atoms with van der Waals surface area (Å²) in [4.78, 5) is 35.0. The molecule has 3 rings (SSSR count). The number of carbonyl (C=O) groups is 3. The number of ether oxygens (including phenoxy) is 3. The number of esters is 2. The van der Waals surface area contributed by atoms with Crippen molar-refractivity contribution in [1.82, 2.24) is 5.32 Å². The molecule has 164 valence electrons. The fourth-order valence-electron chi connectivity index (χ4n) is 3.76. The van der Waals surface area contributed by atoms with Crippen LogP contribution in [0.25, 0.3) is 11.1 Å². The number of fused-ring (bicyclic) bond motifs is 3. The fourth-order valence-corrected chi connectivity index (χ4v) is 3.76. The summed E-state index contributed by atoms with van der Waals surface area (Å²) >= 11 is 0. The van der Waals surface area contributed by atoms with Gasteiger partial charge in [0.25, 0.3) is 0 Å². The molecule has 1 amide bonds. The molecule has 1 N–H and O–H groups in total. The first-order chi connectivity index (χ1) is 15.0. The van der Waals surface area contributed by atoms with Gasteiger partial charge in [-0.3, -0.25) is 9.59 Å². The fraction of sp³-hybridized carbons (Fsp3) is 0.375. The molecule has 1 aliphatic carbocycles. The lowest BCUT2D eigenvalue weighted by molar-refractivity contribution is -0.147. The number of hydrogen-bond acceptors (Lipinski definition) is 6. The third kappa shape index (κ3) is 5.70. The van der Waals surface area contributed by atoms with Gasteiger partial charge in [0.1, 0.15) is 6.61 Å². The van der Waals surface area contributed by atoms with Crippen LogP contribution in [0.15, 0.2) is 48.5 Å². The Morgan fingerprint density at radius 3 is 2.19 bits per heavy atom. The van der Waals surface area contributed by atoms with E-state index in [1.807, 2.05) is 24.3 Å². The van der Waals surface area contributed by atoms with Crippen molar-refractivity contribution >= 4 is 17.8 Å². The highest BCUT2D eigenvalue weighted by atomic mass is 16.5. The van der Waals surface area contributed by atoms with Crippen LogP contribution in [0.5, 0.6) is 0 Å². The number of hydrogen-bond donors (Lipinski definition) is 1. The van der Waals surface area contributed by atoms with Crippen molar-refractivity contribution in [2.24, 2.45) is 0 Å². The van der Waals surface area contributed by atoms with Gasteiger partial charge in [0.2, 0.25) is 5.91 Å². The summed E-state index contributed by atoms with van der Waals surface area (Å²) in [6.45, 7) is 1.85. The first-order valence-electron chi connectivity index (χ1n) is 10.3. The van der Waals surface area contributed by atoms with E-state index >= 15 is 0 Å². The molecule has 0 aromatic heterocycles. The molecule has 2 aromatic rings. The van der Waals surface area contributed by atoms with Gasteiger partial charge in [0, 0.05) is 25.9 Å². The molecule has 7 heteroatoms. The predicted octanol–water partition coefficient (Wildman–Crippen LogP) is 2.82. The minimum Gasteiger partial charge on any atom is -0.467 e. The highest BCUT2D eigenvalue weighted by molar-refractivity contribution is 5.83. The lowest BCUT2D eigenvalue weighted by Crippen LogP contribution is -2.43. The van der Waals surface area contributed by atoms with E-state index in [9.17, 15) is 14.4 Å². The highest BCUT2D eigenvalue weighted by Gasteiger charge is 2.29. The summed E-state index contributed by atoms with van der Waals surface area (Å²) in [6.07, 6.45) is 0.656. The average molecular weight is 425 g/mol. The predicted molar refractivity (Wildman–Crippen MR) is 114 cm³/mol. The van der Waals surface area contributed by atoms with Crippen LogP contribution in [-0.2, 0) is 28.6 Å². The van der Waals surface area contributed by atoms with E-state index in [-0.39, 0.29) is 37.4 Å². The summed E-state index contributed by atoms with van der Waals surface area (Å²) in [5.74, 6) is -1.19. The Morgan fingerprint density at radius 2 is 1.61 bits per heavy atom. The quantitative estimate of drug-likeness (QED) is 0.465.